The van der Waals surface area contributed by atoms with E-state index in [2.05, 4.69) is 53.2 Å². The number of rotatable bonds is 8. The molecule has 1 aromatic heterocycles. The molecule has 0 saturated carbocycles. The third kappa shape index (κ3) is 5.53. The summed E-state index contributed by atoms with van der Waals surface area (Å²) in [5, 5.41) is 10.8. The summed E-state index contributed by atoms with van der Waals surface area (Å²) in [5.41, 5.74) is 3.51. The highest BCUT2D eigenvalue weighted by Gasteiger charge is 2.16. The zero-order chi connectivity index (χ0) is 20.6. The summed E-state index contributed by atoms with van der Waals surface area (Å²) < 4.78 is 0. The molecule has 0 aliphatic heterocycles. The summed E-state index contributed by atoms with van der Waals surface area (Å²) in [5.74, 6) is -0.349. The van der Waals surface area contributed by atoms with E-state index in [1.165, 1.54) is 5.56 Å². The number of nitrogens with one attached hydrogen (secondary N) is 3. The molecule has 5 nitrogen and oxygen atoms in total. The maximum absolute atomic E-state index is 12.5. The van der Waals surface area contributed by atoms with Crippen LogP contribution in [0.25, 0.3) is 0 Å². The second kappa shape index (κ2) is 10.0. The van der Waals surface area contributed by atoms with E-state index in [1.54, 1.807) is 42.6 Å². The van der Waals surface area contributed by atoms with Gasteiger partial charge < -0.3 is 10.6 Å². The summed E-state index contributed by atoms with van der Waals surface area (Å²) in [6.07, 6.45) is 0.995. The highest BCUT2D eigenvalue weighted by atomic mass is 32.1. The van der Waals surface area contributed by atoms with Crippen LogP contribution in [0.4, 0.5) is 5.69 Å². The molecule has 3 rings (SSSR count). The van der Waals surface area contributed by atoms with Gasteiger partial charge in [0.25, 0.3) is 5.91 Å². The van der Waals surface area contributed by atoms with Gasteiger partial charge >= 0.3 is 0 Å². The predicted molar refractivity (Wildman–Crippen MR) is 118 cm³/mol. The van der Waals surface area contributed by atoms with Gasteiger partial charge in [-0.05, 0) is 47.2 Å². The highest BCUT2D eigenvalue weighted by Crippen LogP contribution is 2.26. The lowest BCUT2D eigenvalue weighted by molar-refractivity contribution is -0.115. The van der Waals surface area contributed by atoms with Gasteiger partial charge in [0, 0.05) is 23.2 Å². The lowest BCUT2D eigenvalue weighted by Crippen LogP contribution is -2.31. The Labute approximate surface area is 175 Å². The zero-order valence-corrected chi connectivity index (χ0v) is 17.4. The number of anilines is 1. The average Bonchev–Trinajstić information content (AvgIpc) is 3.28. The topological polar surface area (TPSA) is 70.2 Å². The minimum absolute atomic E-state index is 0.0520. The zero-order valence-electron chi connectivity index (χ0n) is 16.6. The lowest BCUT2D eigenvalue weighted by atomic mass is 10.0. The predicted octanol–water partition coefficient (Wildman–Crippen LogP) is 3.99. The van der Waals surface area contributed by atoms with Gasteiger partial charge in [-0.3, -0.25) is 14.9 Å². The van der Waals surface area contributed by atoms with Crippen LogP contribution in [-0.4, -0.2) is 25.4 Å². The molecule has 0 unspecified atom stereocenters. The van der Waals surface area contributed by atoms with E-state index < -0.39 is 0 Å². The quantitative estimate of drug-likeness (QED) is 0.529. The third-order valence-electron chi connectivity index (χ3n) is 4.65. The van der Waals surface area contributed by atoms with Crippen molar-refractivity contribution in [2.75, 3.05) is 18.9 Å². The number of carbonyl (C=O) groups is 2. The number of hydrogen-bond donors (Lipinski definition) is 3. The maximum atomic E-state index is 12.5. The molecule has 0 spiro atoms. The largest absolute Gasteiger partial charge is 0.355 e. The van der Waals surface area contributed by atoms with Gasteiger partial charge in [0.15, 0.2) is 0 Å². The SMILES string of the molecule is CCc1ccc([C@@H](NCC(=O)Nc2cccc(C(=O)NC)c2)c2cccs2)cc1. The van der Waals surface area contributed by atoms with Crippen molar-refractivity contribution < 1.29 is 9.59 Å². The fourth-order valence-electron chi connectivity index (χ4n) is 3.07. The van der Waals surface area contributed by atoms with Crippen LogP contribution in [0.15, 0.2) is 66.0 Å². The van der Waals surface area contributed by atoms with Crippen LogP contribution >= 0.6 is 11.3 Å². The first-order valence-electron chi connectivity index (χ1n) is 9.58. The fraction of sp³-hybridized carbons (Fsp3) is 0.217. The first-order chi connectivity index (χ1) is 14.1. The third-order valence-corrected chi connectivity index (χ3v) is 5.59. The lowest BCUT2D eigenvalue weighted by Gasteiger charge is -2.18. The van der Waals surface area contributed by atoms with Crippen molar-refractivity contribution >= 4 is 28.8 Å². The molecule has 150 valence electrons. The molecule has 2 amide bonds. The molecule has 3 N–H and O–H groups in total. The molecule has 2 aromatic carbocycles. The number of hydrogen-bond acceptors (Lipinski definition) is 4. The average molecular weight is 408 g/mol. The monoisotopic (exact) mass is 407 g/mol. The van der Waals surface area contributed by atoms with Crippen LogP contribution in [0, 0.1) is 0 Å². The normalized spacial score (nSPS) is 11.7. The van der Waals surface area contributed by atoms with Crippen LogP contribution in [0.5, 0.6) is 0 Å². The second-order valence-corrected chi connectivity index (χ2v) is 7.61. The van der Waals surface area contributed by atoms with Crippen molar-refractivity contribution in [1.29, 1.82) is 0 Å². The van der Waals surface area contributed by atoms with E-state index in [1.807, 2.05) is 11.4 Å². The van der Waals surface area contributed by atoms with E-state index in [4.69, 9.17) is 0 Å². The maximum Gasteiger partial charge on any atom is 0.251 e. The van der Waals surface area contributed by atoms with Crippen molar-refractivity contribution in [1.82, 2.24) is 10.6 Å². The number of amides is 2. The van der Waals surface area contributed by atoms with Gasteiger partial charge in [-0.25, -0.2) is 0 Å². The van der Waals surface area contributed by atoms with Crippen LogP contribution < -0.4 is 16.0 Å². The molecule has 0 fully saturated rings. The van der Waals surface area contributed by atoms with Gasteiger partial charge in [-0.1, -0.05) is 43.3 Å². The number of benzene rings is 2. The van der Waals surface area contributed by atoms with E-state index in [0.717, 1.165) is 16.9 Å². The van der Waals surface area contributed by atoms with Gasteiger partial charge in [0.2, 0.25) is 5.91 Å². The van der Waals surface area contributed by atoms with Crippen LogP contribution in [-0.2, 0) is 11.2 Å². The number of thiophene rings is 1. The minimum Gasteiger partial charge on any atom is -0.355 e. The second-order valence-electron chi connectivity index (χ2n) is 6.63. The molecule has 6 heteroatoms. The summed E-state index contributed by atoms with van der Waals surface area (Å²) >= 11 is 1.66. The van der Waals surface area contributed by atoms with Crippen LogP contribution in [0.2, 0.25) is 0 Å². The Morgan fingerprint density at radius 1 is 1.03 bits per heavy atom. The van der Waals surface area contributed by atoms with Gasteiger partial charge in [-0.2, -0.15) is 0 Å². The summed E-state index contributed by atoms with van der Waals surface area (Å²) in [6.45, 7) is 2.29. The number of carbonyl (C=O) groups excluding carboxylic acids is 2. The molecule has 3 aromatic rings. The van der Waals surface area contributed by atoms with Crippen molar-refractivity contribution in [3.63, 3.8) is 0 Å². The molecule has 1 atom stereocenters. The molecule has 0 aliphatic rings. The molecule has 29 heavy (non-hydrogen) atoms. The molecule has 0 saturated heterocycles. The van der Waals surface area contributed by atoms with Crippen LogP contribution in [0.1, 0.15) is 39.3 Å². The van der Waals surface area contributed by atoms with Gasteiger partial charge in [0.1, 0.15) is 0 Å². The van der Waals surface area contributed by atoms with Crippen molar-refractivity contribution in [3.8, 4) is 0 Å². The van der Waals surface area contributed by atoms with E-state index >= 15 is 0 Å². The Hall–Kier alpha value is -2.96. The molecular weight excluding hydrogens is 382 g/mol. The van der Waals surface area contributed by atoms with E-state index in [-0.39, 0.29) is 24.4 Å². The summed E-state index contributed by atoms with van der Waals surface area (Å²) in [6, 6.07) is 19.4. The van der Waals surface area contributed by atoms with Crippen molar-refractivity contribution in [2.45, 2.75) is 19.4 Å². The summed E-state index contributed by atoms with van der Waals surface area (Å²) in [7, 11) is 1.58. The van der Waals surface area contributed by atoms with Crippen molar-refractivity contribution in [3.05, 3.63) is 87.6 Å². The van der Waals surface area contributed by atoms with E-state index in [9.17, 15) is 9.59 Å². The van der Waals surface area contributed by atoms with Crippen molar-refractivity contribution in [2.24, 2.45) is 0 Å². The summed E-state index contributed by atoms with van der Waals surface area (Å²) in [4.78, 5) is 25.4. The molecule has 0 radical (unpaired) electrons. The Morgan fingerprint density at radius 2 is 1.83 bits per heavy atom. The Kier molecular flexibility index (Phi) is 7.16. The minimum atomic E-state index is -0.187. The molecule has 1 heterocycles. The van der Waals surface area contributed by atoms with Gasteiger partial charge in [0.05, 0.1) is 12.6 Å². The smallest absolute Gasteiger partial charge is 0.251 e. The first kappa shape index (κ1) is 20.8. The Balaban J connectivity index is 1.68. The molecular formula is C23H25N3O2S. The fourth-order valence-corrected chi connectivity index (χ4v) is 3.89. The highest BCUT2D eigenvalue weighted by molar-refractivity contribution is 7.10. The van der Waals surface area contributed by atoms with Crippen LogP contribution in [0.3, 0.4) is 0 Å². The first-order valence-corrected chi connectivity index (χ1v) is 10.5. The number of aryl methyl sites for hydroxylation is 1. The van der Waals surface area contributed by atoms with E-state index in [0.29, 0.717) is 11.3 Å². The Morgan fingerprint density at radius 3 is 2.48 bits per heavy atom. The molecule has 0 bridgehead atoms. The van der Waals surface area contributed by atoms with Gasteiger partial charge in [-0.15, -0.1) is 11.3 Å². The standard InChI is InChI=1S/C23H25N3O2S/c1-3-16-9-11-17(12-10-16)22(20-8-5-13-29-20)25-15-21(27)26-19-7-4-6-18(14-19)23(28)24-2/h4-14,22,25H,3,15H2,1-2H3,(H,24,28)(H,26,27)/t22-/m1/s1. The molecule has 0 aliphatic carbocycles. The Bertz CT molecular complexity index is 953.